The van der Waals surface area contributed by atoms with Gasteiger partial charge < -0.3 is 14.4 Å². The molecule has 128 valence electrons. The summed E-state index contributed by atoms with van der Waals surface area (Å²) in [5.41, 5.74) is 3.76. The molecule has 2 atom stereocenters. The number of nitrogens with zero attached hydrogens (tertiary/aromatic N) is 1. The molecule has 0 bridgehead atoms. The lowest BCUT2D eigenvalue weighted by Crippen LogP contribution is -2.07. The minimum absolute atomic E-state index is 0.158. The van der Waals surface area contributed by atoms with Crippen LogP contribution >= 0.6 is 0 Å². The minimum Gasteiger partial charge on any atom is -0.508 e. The number of benzene rings is 2. The number of ether oxygens (including phenoxy) is 1. The highest BCUT2D eigenvalue weighted by molar-refractivity contribution is 6.06. The highest BCUT2D eigenvalue weighted by atomic mass is 16.5. The fourth-order valence-electron chi connectivity index (χ4n) is 3.84. The molecule has 2 aromatic carbocycles. The molecule has 0 unspecified atom stereocenters. The molecular formula is C21H21NO3. The molecule has 4 heteroatoms. The zero-order chi connectivity index (χ0) is 17.6. The van der Waals surface area contributed by atoms with Crippen LogP contribution in [-0.2, 0) is 4.74 Å². The molecule has 3 aromatic rings. The van der Waals surface area contributed by atoms with E-state index in [-0.39, 0.29) is 11.7 Å². The fraction of sp³-hybridized carbons (Fsp3) is 0.286. The van der Waals surface area contributed by atoms with Gasteiger partial charge in [-0.3, -0.25) is 0 Å². The second kappa shape index (κ2) is 5.96. The number of hydrogen-bond donors (Lipinski definition) is 1. The first-order chi connectivity index (χ1) is 12.1. The number of esters is 1. The van der Waals surface area contributed by atoms with Crippen LogP contribution in [0.15, 0.2) is 48.5 Å². The SMILES string of the molecule is CCOC(=O)c1c(C)n([C@H]2C[C@@H]2c2ccccc2)c2ccc(O)cc12. The number of carbonyl (C=O) groups excluding carboxylic acids is 1. The van der Waals surface area contributed by atoms with Crippen molar-refractivity contribution in [3.05, 3.63) is 65.4 Å². The van der Waals surface area contributed by atoms with Gasteiger partial charge in [0.15, 0.2) is 0 Å². The number of phenols is 1. The number of rotatable bonds is 4. The van der Waals surface area contributed by atoms with Crippen molar-refractivity contribution in [1.29, 1.82) is 0 Å². The summed E-state index contributed by atoms with van der Waals surface area (Å²) in [4.78, 5) is 12.5. The van der Waals surface area contributed by atoms with Crippen LogP contribution in [0.3, 0.4) is 0 Å². The van der Waals surface area contributed by atoms with Crippen LogP contribution in [0, 0.1) is 6.92 Å². The van der Waals surface area contributed by atoms with Gasteiger partial charge in [0.1, 0.15) is 5.75 Å². The Labute approximate surface area is 146 Å². The van der Waals surface area contributed by atoms with Crippen LogP contribution in [0.2, 0.25) is 0 Å². The number of aromatic hydroxyl groups is 1. The molecule has 0 spiro atoms. The Morgan fingerprint density at radius 1 is 1.24 bits per heavy atom. The average Bonchev–Trinajstić information content (AvgIpc) is 3.33. The predicted octanol–water partition coefficient (Wildman–Crippen LogP) is 4.56. The predicted molar refractivity (Wildman–Crippen MR) is 97.1 cm³/mol. The van der Waals surface area contributed by atoms with Gasteiger partial charge in [-0.25, -0.2) is 4.79 Å². The third kappa shape index (κ3) is 2.58. The molecule has 4 rings (SSSR count). The van der Waals surface area contributed by atoms with Crippen LogP contribution < -0.4 is 0 Å². The normalized spacial score (nSPS) is 19.1. The third-order valence-electron chi connectivity index (χ3n) is 5.03. The van der Waals surface area contributed by atoms with Crippen molar-refractivity contribution < 1.29 is 14.6 Å². The van der Waals surface area contributed by atoms with Gasteiger partial charge in [-0.1, -0.05) is 30.3 Å². The lowest BCUT2D eigenvalue weighted by atomic mass is 10.1. The Bertz CT molecular complexity index is 943. The van der Waals surface area contributed by atoms with Crippen LogP contribution in [0.4, 0.5) is 0 Å². The molecule has 0 aliphatic heterocycles. The molecule has 25 heavy (non-hydrogen) atoms. The van der Waals surface area contributed by atoms with Crippen LogP contribution in [0.5, 0.6) is 5.75 Å². The maximum absolute atomic E-state index is 12.5. The third-order valence-corrected chi connectivity index (χ3v) is 5.03. The summed E-state index contributed by atoms with van der Waals surface area (Å²) in [6.45, 7) is 4.10. The van der Waals surface area contributed by atoms with E-state index >= 15 is 0 Å². The lowest BCUT2D eigenvalue weighted by molar-refractivity contribution is 0.0527. The molecule has 1 N–H and O–H groups in total. The quantitative estimate of drug-likeness (QED) is 0.711. The molecule has 1 aliphatic carbocycles. The number of phenolic OH excluding ortho intramolecular Hbond substituents is 1. The van der Waals surface area contributed by atoms with E-state index in [4.69, 9.17) is 4.74 Å². The Kier molecular flexibility index (Phi) is 3.75. The largest absolute Gasteiger partial charge is 0.508 e. The van der Waals surface area contributed by atoms with Crippen LogP contribution in [0.1, 0.15) is 46.9 Å². The molecule has 0 saturated heterocycles. The van der Waals surface area contributed by atoms with E-state index in [1.54, 1.807) is 19.1 Å². The standard InChI is InChI=1S/C21H21NO3/c1-3-25-21(24)20-13(2)22(18-10-9-15(23)11-17(18)20)19-12-16(19)14-7-5-4-6-8-14/h4-11,16,19,23H,3,12H2,1-2H3/t16-,19+/m1/s1. The van der Waals surface area contributed by atoms with Crippen molar-refractivity contribution in [3.8, 4) is 5.75 Å². The Morgan fingerprint density at radius 2 is 2.00 bits per heavy atom. The van der Waals surface area contributed by atoms with E-state index in [2.05, 4.69) is 28.8 Å². The van der Waals surface area contributed by atoms with Crippen molar-refractivity contribution in [1.82, 2.24) is 4.57 Å². The van der Waals surface area contributed by atoms with Gasteiger partial charge in [0, 0.05) is 28.6 Å². The van der Waals surface area contributed by atoms with E-state index in [1.165, 1.54) is 5.56 Å². The first-order valence-corrected chi connectivity index (χ1v) is 8.67. The Hall–Kier alpha value is -2.75. The van der Waals surface area contributed by atoms with Crippen molar-refractivity contribution in [2.75, 3.05) is 6.61 Å². The van der Waals surface area contributed by atoms with Crippen LogP contribution in [-0.4, -0.2) is 22.2 Å². The van der Waals surface area contributed by atoms with E-state index in [1.807, 2.05) is 19.1 Å². The van der Waals surface area contributed by atoms with Gasteiger partial charge in [0.25, 0.3) is 0 Å². The maximum atomic E-state index is 12.5. The molecule has 0 amide bonds. The van der Waals surface area contributed by atoms with Crippen molar-refractivity contribution >= 4 is 16.9 Å². The summed E-state index contributed by atoms with van der Waals surface area (Å²) in [5, 5.41) is 10.6. The van der Waals surface area contributed by atoms with Gasteiger partial charge >= 0.3 is 5.97 Å². The highest BCUT2D eigenvalue weighted by Crippen LogP contribution is 2.53. The Morgan fingerprint density at radius 3 is 2.72 bits per heavy atom. The maximum Gasteiger partial charge on any atom is 0.340 e. The molecule has 1 heterocycles. The van der Waals surface area contributed by atoms with Gasteiger partial charge in [-0.2, -0.15) is 0 Å². The number of carbonyl (C=O) groups is 1. The van der Waals surface area contributed by atoms with Crippen LogP contribution in [0.25, 0.3) is 10.9 Å². The van der Waals surface area contributed by atoms with E-state index in [9.17, 15) is 9.90 Å². The zero-order valence-corrected chi connectivity index (χ0v) is 14.4. The highest BCUT2D eigenvalue weighted by Gasteiger charge is 2.42. The molecule has 1 aliphatic rings. The smallest absolute Gasteiger partial charge is 0.340 e. The summed E-state index contributed by atoms with van der Waals surface area (Å²) in [5.74, 6) is 0.288. The van der Waals surface area contributed by atoms with E-state index < -0.39 is 0 Å². The molecule has 1 aromatic heterocycles. The van der Waals surface area contributed by atoms with Crippen molar-refractivity contribution in [3.63, 3.8) is 0 Å². The zero-order valence-electron chi connectivity index (χ0n) is 14.4. The molecular weight excluding hydrogens is 314 g/mol. The number of aromatic nitrogens is 1. The number of fused-ring (bicyclic) bond motifs is 1. The Balaban J connectivity index is 1.82. The second-order valence-corrected chi connectivity index (χ2v) is 6.57. The summed E-state index contributed by atoms with van der Waals surface area (Å²) in [6, 6.07) is 16.0. The number of hydrogen-bond acceptors (Lipinski definition) is 3. The molecule has 4 nitrogen and oxygen atoms in total. The molecule has 1 saturated carbocycles. The van der Waals surface area contributed by atoms with E-state index in [0.717, 1.165) is 23.0 Å². The average molecular weight is 335 g/mol. The first kappa shape index (κ1) is 15.8. The summed E-state index contributed by atoms with van der Waals surface area (Å²) >= 11 is 0. The van der Waals surface area contributed by atoms with E-state index in [0.29, 0.717) is 24.1 Å². The second-order valence-electron chi connectivity index (χ2n) is 6.57. The van der Waals surface area contributed by atoms with Crippen molar-refractivity contribution in [2.45, 2.75) is 32.2 Å². The molecule has 1 fully saturated rings. The molecule has 0 radical (unpaired) electrons. The van der Waals surface area contributed by atoms with Gasteiger partial charge in [0.05, 0.1) is 12.2 Å². The van der Waals surface area contributed by atoms with Gasteiger partial charge in [-0.15, -0.1) is 0 Å². The fourth-order valence-corrected chi connectivity index (χ4v) is 3.84. The lowest BCUT2D eigenvalue weighted by Gasteiger charge is -2.09. The summed E-state index contributed by atoms with van der Waals surface area (Å²) < 4.78 is 7.48. The topological polar surface area (TPSA) is 51.5 Å². The van der Waals surface area contributed by atoms with Crippen molar-refractivity contribution in [2.24, 2.45) is 0 Å². The minimum atomic E-state index is -0.328. The summed E-state index contributed by atoms with van der Waals surface area (Å²) in [6.07, 6.45) is 1.05. The first-order valence-electron chi connectivity index (χ1n) is 8.67. The van der Waals surface area contributed by atoms with Gasteiger partial charge in [-0.05, 0) is 44.0 Å². The monoisotopic (exact) mass is 335 g/mol. The van der Waals surface area contributed by atoms with Gasteiger partial charge in [0.2, 0.25) is 0 Å². The summed E-state index contributed by atoms with van der Waals surface area (Å²) in [7, 11) is 0.